The number of hydrogen-bond donors (Lipinski definition) is 1. The standard InChI is InChI=1S/C14H20N2O4/c1-18-11-7-13(20-3)12(19-2)6-10(11)14(17)16-5-4-9(15)8-16/h6-7,9H,4-5,8,15H2,1-3H3/t9-/m1/s1. The molecule has 1 aromatic carbocycles. The van der Waals surface area contributed by atoms with Crippen LogP contribution < -0.4 is 19.9 Å². The summed E-state index contributed by atoms with van der Waals surface area (Å²) in [5, 5.41) is 0. The molecule has 0 bridgehead atoms. The Bertz CT molecular complexity index is 504. The molecule has 20 heavy (non-hydrogen) atoms. The van der Waals surface area contributed by atoms with Gasteiger partial charge in [0.15, 0.2) is 11.5 Å². The van der Waals surface area contributed by atoms with Crippen molar-refractivity contribution in [1.29, 1.82) is 0 Å². The van der Waals surface area contributed by atoms with Crippen molar-refractivity contribution >= 4 is 5.91 Å². The highest BCUT2D eigenvalue weighted by Gasteiger charge is 2.27. The average molecular weight is 280 g/mol. The van der Waals surface area contributed by atoms with Crippen molar-refractivity contribution in [1.82, 2.24) is 4.90 Å². The molecule has 0 saturated carbocycles. The summed E-state index contributed by atoms with van der Waals surface area (Å²) in [6, 6.07) is 3.34. The maximum atomic E-state index is 12.5. The Morgan fingerprint density at radius 3 is 2.25 bits per heavy atom. The van der Waals surface area contributed by atoms with Crippen LogP contribution in [0.1, 0.15) is 16.8 Å². The molecule has 1 aromatic rings. The predicted octanol–water partition coefficient (Wildman–Crippen LogP) is 0.886. The average Bonchev–Trinajstić information content (AvgIpc) is 2.91. The Labute approximate surface area is 118 Å². The summed E-state index contributed by atoms with van der Waals surface area (Å²) in [6.45, 7) is 1.23. The molecule has 0 spiro atoms. The predicted molar refractivity (Wildman–Crippen MR) is 74.6 cm³/mol. The highest BCUT2D eigenvalue weighted by Crippen LogP contribution is 2.35. The second-order valence-corrected chi connectivity index (χ2v) is 4.71. The fourth-order valence-corrected chi connectivity index (χ4v) is 2.34. The summed E-state index contributed by atoms with van der Waals surface area (Å²) < 4.78 is 15.7. The lowest BCUT2D eigenvalue weighted by Gasteiger charge is -2.19. The summed E-state index contributed by atoms with van der Waals surface area (Å²) >= 11 is 0. The van der Waals surface area contributed by atoms with Gasteiger partial charge in [0, 0.05) is 31.3 Å². The van der Waals surface area contributed by atoms with E-state index in [-0.39, 0.29) is 11.9 Å². The topological polar surface area (TPSA) is 74.0 Å². The van der Waals surface area contributed by atoms with Crippen LogP contribution in [-0.2, 0) is 0 Å². The Kier molecular flexibility index (Phi) is 4.34. The van der Waals surface area contributed by atoms with Gasteiger partial charge in [-0.3, -0.25) is 4.79 Å². The first-order chi connectivity index (χ1) is 9.60. The number of carbonyl (C=O) groups excluding carboxylic acids is 1. The van der Waals surface area contributed by atoms with E-state index in [4.69, 9.17) is 19.9 Å². The molecular formula is C14H20N2O4. The minimum Gasteiger partial charge on any atom is -0.496 e. The van der Waals surface area contributed by atoms with Crippen LogP contribution in [0.4, 0.5) is 0 Å². The molecule has 0 aromatic heterocycles. The van der Waals surface area contributed by atoms with Gasteiger partial charge in [0.1, 0.15) is 5.75 Å². The van der Waals surface area contributed by atoms with E-state index in [9.17, 15) is 4.79 Å². The van der Waals surface area contributed by atoms with Gasteiger partial charge in [-0.25, -0.2) is 0 Å². The van der Waals surface area contributed by atoms with E-state index in [2.05, 4.69) is 0 Å². The zero-order valence-corrected chi connectivity index (χ0v) is 12.0. The maximum Gasteiger partial charge on any atom is 0.257 e. The molecule has 1 atom stereocenters. The quantitative estimate of drug-likeness (QED) is 0.886. The molecule has 1 heterocycles. The summed E-state index contributed by atoms with van der Waals surface area (Å²) in [5.74, 6) is 1.39. The Morgan fingerprint density at radius 2 is 1.75 bits per heavy atom. The summed E-state index contributed by atoms with van der Waals surface area (Å²) in [7, 11) is 4.59. The van der Waals surface area contributed by atoms with Crippen LogP contribution in [0, 0.1) is 0 Å². The minimum atomic E-state index is -0.101. The number of likely N-dealkylation sites (tertiary alicyclic amines) is 1. The monoisotopic (exact) mass is 280 g/mol. The number of hydrogen-bond acceptors (Lipinski definition) is 5. The van der Waals surface area contributed by atoms with E-state index >= 15 is 0 Å². The number of carbonyl (C=O) groups is 1. The number of nitrogens with two attached hydrogens (primary N) is 1. The number of rotatable bonds is 4. The van der Waals surface area contributed by atoms with Crippen LogP contribution in [-0.4, -0.2) is 51.3 Å². The molecule has 0 aliphatic carbocycles. The summed E-state index contributed by atoms with van der Waals surface area (Å²) in [6.07, 6.45) is 0.821. The lowest BCUT2D eigenvalue weighted by Crippen LogP contribution is -2.32. The van der Waals surface area contributed by atoms with Crippen molar-refractivity contribution in [2.45, 2.75) is 12.5 Å². The first-order valence-corrected chi connectivity index (χ1v) is 6.45. The van der Waals surface area contributed by atoms with E-state index in [1.54, 1.807) is 17.0 Å². The van der Waals surface area contributed by atoms with Crippen LogP contribution in [0.15, 0.2) is 12.1 Å². The zero-order chi connectivity index (χ0) is 14.7. The van der Waals surface area contributed by atoms with Crippen molar-refractivity contribution < 1.29 is 19.0 Å². The molecule has 2 N–H and O–H groups in total. The van der Waals surface area contributed by atoms with Crippen molar-refractivity contribution in [2.75, 3.05) is 34.4 Å². The Morgan fingerprint density at radius 1 is 1.15 bits per heavy atom. The summed E-state index contributed by atoms with van der Waals surface area (Å²) in [4.78, 5) is 14.3. The minimum absolute atomic E-state index is 0.0464. The molecule has 1 aliphatic heterocycles. The molecule has 110 valence electrons. The fourth-order valence-electron chi connectivity index (χ4n) is 2.34. The molecule has 1 saturated heterocycles. The number of amides is 1. The number of methoxy groups -OCH3 is 3. The molecule has 6 nitrogen and oxygen atoms in total. The third kappa shape index (κ3) is 2.65. The van der Waals surface area contributed by atoms with Gasteiger partial charge in [0.2, 0.25) is 0 Å². The molecule has 1 fully saturated rings. The van der Waals surface area contributed by atoms with E-state index in [0.29, 0.717) is 35.9 Å². The first-order valence-electron chi connectivity index (χ1n) is 6.45. The zero-order valence-electron chi connectivity index (χ0n) is 12.0. The molecule has 2 rings (SSSR count). The highest BCUT2D eigenvalue weighted by atomic mass is 16.5. The van der Waals surface area contributed by atoms with Gasteiger partial charge in [-0.2, -0.15) is 0 Å². The van der Waals surface area contributed by atoms with Gasteiger partial charge < -0.3 is 24.8 Å². The molecular weight excluding hydrogens is 260 g/mol. The van der Waals surface area contributed by atoms with Gasteiger partial charge in [-0.15, -0.1) is 0 Å². The van der Waals surface area contributed by atoms with Crippen LogP contribution in [0.5, 0.6) is 17.2 Å². The van der Waals surface area contributed by atoms with Gasteiger partial charge in [-0.05, 0) is 6.42 Å². The van der Waals surface area contributed by atoms with Crippen LogP contribution in [0.3, 0.4) is 0 Å². The van der Waals surface area contributed by atoms with Crippen LogP contribution in [0.25, 0.3) is 0 Å². The molecule has 1 amide bonds. The van der Waals surface area contributed by atoms with E-state index < -0.39 is 0 Å². The maximum absolute atomic E-state index is 12.5. The number of benzene rings is 1. The SMILES string of the molecule is COc1cc(OC)c(C(=O)N2CC[C@@H](N)C2)cc1OC. The Hall–Kier alpha value is -1.95. The van der Waals surface area contributed by atoms with Crippen LogP contribution >= 0.6 is 0 Å². The van der Waals surface area contributed by atoms with E-state index in [1.165, 1.54) is 21.3 Å². The van der Waals surface area contributed by atoms with Gasteiger partial charge >= 0.3 is 0 Å². The van der Waals surface area contributed by atoms with Crippen molar-refractivity contribution in [3.63, 3.8) is 0 Å². The van der Waals surface area contributed by atoms with Crippen molar-refractivity contribution in [2.24, 2.45) is 5.73 Å². The molecule has 1 aliphatic rings. The van der Waals surface area contributed by atoms with Crippen molar-refractivity contribution in [3.05, 3.63) is 17.7 Å². The molecule has 6 heteroatoms. The third-order valence-corrected chi connectivity index (χ3v) is 3.45. The second-order valence-electron chi connectivity index (χ2n) is 4.71. The fraction of sp³-hybridized carbons (Fsp3) is 0.500. The van der Waals surface area contributed by atoms with Gasteiger partial charge in [0.05, 0.1) is 26.9 Å². The second kappa shape index (κ2) is 6.00. The smallest absolute Gasteiger partial charge is 0.257 e. The van der Waals surface area contributed by atoms with Gasteiger partial charge in [0.25, 0.3) is 5.91 Å². The van der Waals surface area contributed by atoms with E-state index in [1.807, 2.05) is 0 Å². The lowest BCUT2D eigenvalue weighted by atomic mass is 10.1. The largest absolute Gasteiger partial charge is 0.496 e. The number of ether oxygens (including phenoxy) is 3. The number of nitrogens with zero attached hydrogens (tertiary/aromatic N) is 1. The first kappa shape index (κ1) is 14.5. The molecule has 0 radical (unpaired) electrons. The molecule has 0 unspecified atom stereocenters. The van der Waals surface area contributed by atoms with E-state index in [0.717, 1.165) is 6.42 Å². The van der Waals surface area contributed by atoms with Crippen LogP contribution in [0.2, 0.25) is 0 Å². The Balaban J connectivity index is 2.36. The summed E-state index contributed by atoms with van der Waals surface area (Å²) in [5.41, 5.74) is 6.30. The third-order valence-electron chi connectivity index (χ3n) is 3.45. The highest BCUT2D eigenvalue weighted by molar-refractivity contribution is 5.98. The van der Waals surface area contributed by atoms with Gasteiger partial charge in [-0.1, -0.05) is 0 Å². The normalized spacial score (nSPS) is 18.0. The lowest BCUT2D eigenvalue weighted by molar-refractivity contribution is 0.0787. The van der Waals surface area contributed by atoms with Crippen molar-refractivity contribution in [3.8, 4) is 17.2 Å².